The number of fused-ring (bicyclic) bond motifs is 1. The van der Waals surface area contributed by atoms with Crippen LogP contribution in [0.3, 0.4) is 0 Å². The number of likely N-dealkylation sites (N-methyl/N-ethyl adjacent to an activating group) is 1. The van der Waals surface area contributed by atoms with Gasteiger partial charge in [-0.25, -0.2) is 14.4 Å². The van der Waals surface area contributed by atoms with Crippen LogP contribution < -0.4 is 4.90 Å². The van der Waals surface area contributed by atoms with Gasteiger partial charge in [-0.2, -0.15) is 4.99 Å². The molecule has 36 heavy (non-hydrogen) atoms. The molecular weight excluding hydrogens is 475 g/mol. The summed E-state index contributed by atoms with van der Waals surface area (Å²) in [7, 11) is 2.09. The van der Waals surface area contributed by atoms with Crippen molar-refractivity contribution in [1.82, 2.24) is 19.8 Å². The van der Waals surface area contributed by atoms with Gasteiger partial charge in [-0.1, -0.05) is 12.1 Å². The van der Waals surface area contributed by atoms with Crippen LogP contribution in [0.1, 0.15) is 18.4 Å². The summed E-state index contributed by atoms with van der Waals surface area (Å²) in [4.78, 5) is 32.8. The fourth-order valence-corrected chi connectivity index (χ4v) is 5.91. The molecule has 1 amide bonds. The van der Waals surface area contributed by atoms with Crippen LogP contribution in [-0.2, 0) is 4.79 Å². The Balaban J connectivity index is 1.30. The van der Waals surface area contributed by atoms with Crippen molar-refractivity contribution in [3.05, 3.63) is 59.0 Å². The smallest absolute Gasteiger partial charge is 0.286 e. The SMILES string of the molecule is CN1CCN(c2ccc(-c3ncnc4ccc(C=C5SC(N6CCCC6)=NC5=O)cc34)cc2F)CC1. The number of amidine groups is 1. The molecule has 3 aliphatic rings. The number of rotatable bonds is 3. The third kappa shape index (κ3) is 4.49. The zero-order chi connectivity index (χ0) is 24.6. The summed E-state index contributed by atoms with van der Waals surface area (Å²) < 4.78 is 15.2. The molecular formula is C27H27FN6OS. The maximum Gasteiger partial charge on any atom is 0.286 e. The highest BCUT2D eigenvalue weighted by molar-refractivity contribution is 8.18. The van der Waals surface area contributed by atoms with Gasteiger partial charge in [0, 0.05) is 50.2 Å². The minimum absolute atomic E-state index is 0.201. The lowest BCUT2D eigenvalue weighted by Crippen LogP contribution is -2.44. The lowest BCUT2D eigenvalue weighted by Gasteiger charge is -2.34. The third-order valence-corrected chi connectivity index (χ3v) is 8.05. The molecule has 0 spiro atoms. The third-order valence-electron chi connectivity index (χ3n) is 7.01. The molecule has 6 rings (SSSR count). The van der Waals surface area contributed by atoms with E-state index in [9.17, 15) is 4.79 Å². The molecule has 0 radical (unpaired) electrons. The molecule has 2 aromatic carbocycles. The van der Waals surface area contributed by atoms with E-state index in [1.807, 2.05) is 36.4 Å². The molecule has 2 saturated heterocycles. The van der Waals surface area contributed by atoms with Gasteiger partial charge in [-0.15, -0.1) is 0 Å². The first-order chi connectivity index (χ1) is 17.5. The first kappa shape index (κ1) is 23.1. The number of likely N-dealkylation sites (tertiary alicyclic amines) is 1. The molecule has 9 heteroatoms. The second-order valence-electron chi connectivity index (χ2n) is 9.46. The molecule has 3 aromatic rings. The van der Waals surface area contributed by atoms with Crippen molar-refractivity contribution in [1.29, 1.82) is 0 Å². The number of carbonyl (C=O) groups is 1. The molecule has 0 N–H and O–H groups in total. The predicted octanol–water partition coefficient (Wildman–Crippen LogP) is 4.25. The number of hydrogen-bond acceptors (Lipinski definition) is 7. The Morgan fingerprint density at radius 1 is 0.944 bits per heavy atom. The molecule has 0 atom stereocenters. The van der Waals surface area contributed by atoms with Gasteiger partial charge >= 0.3 is 0 Å². The number of aliphatic imine (C=N–C) groups is 1. The number of anilines is 1. The maximum absolute atomic E-state index is 15.2. The summed E-state index contributed by atoms with van der Waals surface area (Å²) in [5.41, 5.74) is 3.63. The van der Waals surface area contributed by atoms with Gasteiger partial charge in [0.2, 0.25) is 0 Å². The average Bonchev–Trinajstić information content (AvgIpc) is 3.55. The summed E-state index contributed by atoms with van der Waals surface area (Å²) in [6, 6.07) is 11.1. The standard InChI is InChI=1S/C27H27FN6OS/c1-32-10-12-33(13-11-32)23-7-5-19(16-21(23)28)25-20-14-18(4-6-22(20)29-17-30-25)15-24-26(35)31-27(36-24)34-8-2-3-9-34/h4-7,14-17H,2-3,8-13H2,1H3. The Bertz CT molecular complexity index is 1390. The fourth-order valence-electron chi connectivity index (χ4n) is 4.95. The van der Waals surface area contributed by atoms with Crippen molar-refractivity contribution in [2.75, 3.05) is 51.2 Å². The Morgan fingerprint density at radius 3 is 2.53 bits per heavy atom. The number of piperazine rings is 1. The van der Waals surface area contributed by atoms with Crippen molar-refractivity contribution in [2.45, 2.75) is 12.8 Å². The van der Waals surface area contributed by atoms with E-state index in [0.717, 1.165) is 73.7 Å². The molecule has 0 bridgehead atoms. The Hall–Kier alpha value is -3.30. The molecule has 0 saturated carbocycles. The van der Waals surface area contributed by atoms with Gasteiger partial charge in [-0.3, -0.25) is 4.79 Å². The number of thioether (sulfide) groups is 1. The highest BCUT2D eigenvalue weighted by atomic mass is 32.2. The van der Waals surface area contributed by atoms with E-state index in [0.29, 0.717) is 21.8 Å². The Kier molecular flexibility index (Phi) is 6.18. The van der Waals surface area contributed by atoms with Crippen LogP contribution in [-0.4, -0.2) is 77.2 Å². The largest absolute Gasteiger partial charge is 0.367 e. The molecule has 3 aliphatic heterocycles. The number of hydrogen-bond donors (Lipinski definition) is 0. The van der Waals surface area contributed by atoms with Gasteiger partial charge < -0.3 is 14.7 Å². The van der Waals surface area contributed by atoms with Crippen LogP contribution in [0.2, 0.25) is 0 Å². The molecule has 7 nitrogen and oxygen atoms in total. The normalized spacial score (nSPS) is 20.1. The van der Waals surface area contributed by atoms with Crippen LogP contribution in [0.5, 0.6) is 0 Å². The van der Waals surface area contributed by atoms with Crippen LogP contribution in [0.25, 0.3) is 28.2 Å². The first-order valence-electron chi connectivity index (χ1n) is 12.3. The summed E-state index contributed by atoms with van der Waals surface area (Å²) in [6.07, 6.45) is 5.65. The number of aromatic nitrogens is 2. The first-order valence-corrected chi connectivity index (χ1v) is 13.1. The van der Waals surface area contributed by atoms with Gasteiger partial charge in [0.1, 0.15) is 12.1 Å². The van der Waals surface area contributed by atoms with E-state index >= 15 is 4.39 Å². The highest BCUT2D eigenvalue weighted by Gasteiger charge is 2.27. The van der Waals surface area contributed by atoms with Gasteiger partial charge in [-0.05, 0) is 67.6 Å². The molecule has 1 aromatic heterocycles. The van der Waals surface area contributed by atoms with Crippen LogP contribution in [0, 0.1) is 5.82 Å². The van der Waals surface area contributed by atoms with Crippen molar-refractivity contribution in [3.63, 3.8) is 0 Å². The van der Waals surface area contributed by atoms with Crippen LogP contribution in [0.4, 0.5) is 10.1 Å². The molecule has 0 aliphatic carbocycles. The second-order valence-corrected chi connectivity index (χ2v) is 10.5. The van der Waals surface area contributed by atoms with Crippen LogP contribution >= 0.6 is 11.8 Å². The van der Waals surface area contributed by atoms with E-state index in [1.54, 1.807) is 6.07 Å². The average molecular weight is 503 g/mol. The van der Waals surface area contributed by atoms with Crippen molar-refractivity contribution in [2.24, 2.45) is 4.99 Å². The van der Waals surface area contributed by atoms with E-state index < -0.39 is 0 Å². The highest BCUT2D eigenvalue weighted by Crippen LogP contribution is 2.34. The Morgan fingerprint density at radius 2 is 1.75 bits per heavy atom. The minimum atomic E-state index is -0.248. The zero-order valence-corrected chi connectivity index (χ0v) is 21.0. The zero-order valence-electron chi connectivity index (χ0n) is 20.2. The quantitative estimate of drug-likeness (QED) is 0.496. The number of amides is 1. The molecule has 4 heterocycles. The lowest BCUT2D eigenvalue weighted by atomic mass is 10.0. The summed E-state index contributed by atoms with van der Waals surface area (Å²) in [6.45, 7) is 5.35. The molecule has 2 fully saturated rings. The summed E-state index contributed by atoms with van der Waals surface area (Å²) in [5, 5.41) is 1.61. The fraction of sp³-hybridized carbons (Fsp3) is 0.333. The number of carbonyl (C=O) groups excluding carboxylic acids is 1. The Labute approximate surface area is 213 Å². The van der Waals surface area contributed by atoms with Gasteiger partial charge in [0.05, 0.1) is 21.8 Å². The number of nitrogens with zero attached hydrogens (tertiary/aromatic N) is 6. The summed E-state index contributed by atoms with van der Waals surface area (Å²) in [5.74, 6) is -0.449. The number of benzene rings is 2. The predicted molar refractivity (Wildman–Crippen MR) is 143 cm³/mol. The van der Waals surface area contributed by atoms with Gasteiger partial charge in [0.25, 0.3) is 5.91 Å². The lowest BCUT2D eigenvalue weighted by molar-refractivity contribution is -0.113. The second kappa shape index (κ2) is 9.63. The monoisotopic (exact) mass is 502 g/mol. The molecule has 184 valence electrons. The van der Waals surface area contributed by atoms with E-state index in [-0.39, 0.29) is 11.7 Å². The number of halogens is 1. The summed E-state index contributed by atoms with van der Waals surface area (Å²) >= 11 is 1.43. The van der Waals surface area contributed by atoms with Crippen molar-refractivity contribution < 1.29 is 9.18 Å². The molecule has 0 unspecified atom stereocenters. The van der Waals surface area contributed by atoms with Crippen LogP contribution in [0.15, 0.2) is 52.6 Å². The van der Waals surface area contributed by atoms with E-state index in [4.69, 9.17) is 0 Å². The van der Waals surface area contributed by atoms with Crippen molar-refractivity contribution >= 4 is 45.5 Å². The van der Waals surface area contributed by atoms with E-state index in [2.05, 4.69) is 36.7 Å². The van der Waals surface area contributed by atoms with Gasteiger partial charge in [0.15, 0.2) is 5.17 Å². The topological polar surface area (TPSA) is 64.9 Å². The minimum Gasteiger partial charge on any atom is -0.367 e. The van der Waals surface area contributed by atoms with E-state index in [1.165, 1.54) is 18.1 Å². The maximum atomic E-state index is 15.2. The van der Waals surface area contributed by atoms with Crippen molar-refractivity contribution in [3.8, 4) is 11.3 Å².